The zero-order valence-corrected chi connectivity index (χ0v) is 29.4. The van der Waals surface area contributed by atoms with E-state index in [1.807, 2.05) is 34.6 Å². The third kappa shape index (κ3) is 5.45. The zero-order valence-electron chi connectivity index (χ0n) is 28.4. The van der Waals surface area contributed by atoms with E-state index in [4.69, 9.17) is 13.9 Å². The van der Waals surface area contributed by atoms with Crippen molar-refractivity contribution in [2.45, 2.75) is 168 Å². The summed E-state index contributed by atoms with van der Waals surface area (Å²) < 4.78 is 19.1. The van der Waals surface area contributed by atoms with Gasteiger partial charge in [-0.2, -0.15) is 0 Å². The summed E-state index contributed by atoms with van der Waals surface area (Å²) >= 11 is 0. The first-order chi connectivity index (χ1) is 18.6. The number of aliphatic hydroxyl groups is 1. The van der Waals surface area contributed by atoms with Crippen molar-refractivity contribution in [2.24, 2.45) is 34.5 Å². The molecule has 0 radical (unpaired) electrons. The van der Waals surface area contributed by atoms with E-state index in [2.05, 4.69) is 65.6 Å². The van der Waals surface area contributed by atoms with Crippen LogP contribution in [0.15, 0.2) is 11.6 Å². The van der Waals surface area contributed by atoms with Gasteiger partial charge in [0, 0.05) is 12.0 Å². The molecule has 5 aliphatic rings. The molecule has 1 aliphatic heterocycles. The van der Waals surface area contributed by atoms with Gasteiger partial charge in [0.15, 0.2) is 14.1 Å². The summed E-state index contributed by atoms with van der Waals surface area (Å²) in [6, 6.07) is 0. The third-order valence-corrected chi connectivity index (χ3v) is 17.5. The number of rotatable bonds is 3. The molecule has 4 fully saturated rings. The molecule has 4 nitrogen and oxygen atoms in total. The topological polar surface area (TPSA) is 47.9 Å². The van der Waals surface area contributed by atoms with Gasteiger partial charge in [-0.05, 0) is 133 Å². The predicted molar refractivity (Wildman–Crippen MR) is 170 cm³/mol. The van der Waals surface area contributed by atoms with Gasteiger partial charge in [0.1, 0.15) is 17.3 Å². The average Bonchev–Trinajstić information content (AvgIpc) is 3.28. The maximum absolute atomic E-state index is 11.9. The second-order valence-electron chi connectivity index (χ2n) is 17.7. The molecule has 3 saturated carbocycles. The van der Waals surface area contributed by atoms with Crippen molar-refractivity contribution in [1.82, 2.24) is 0 Å². The van der Waals surface area contributed by atoms with Crippen LogP contribution in [0.4, 0.5) is 0 Å². The fraction of sp³-hybridized carbons (Fsp3) is 0.889. The molecular formula is C36H60O4Si. The summed E-state index contributed by atoms with van der Waals surface area (Å²) in [7, 11) is -1.77. The first-order valence-corrected chi connectivity index (χ1v) is 19.5. The van der Waals surface area contributed by atoms with Crippen LogP contribution in [0.25, 0.3) is 0 Å². The summed E-state index contributed by atoms with van der Waals surface area (Å²) in [5.74, 6) is 8.28. The van der Waals surface area contributed by atoms with Gasteiger partial charge in [-0.3, -0.25) is 0 Å². The molecule has 1 saturated heterocycles. The van der Waals surface area contributed by atoms with E-state index < -0.39 is 25.3 Å². The molecule has 4 aliphatic carbocycles. The Morgan fingerprint density at radius 1 is 0.951 bits per heavy atom. The normalized spacial score (nSPS) is 43.1. The first-order valence-electron chi connectivity index (χ1n) is 16.6. The minimum Gasteiger partial charge on any atom is -0.414 e. The Morgan fingerprint density at radius 2 is 1.63 bits per heavy atom. The molecule has 4 unspecified atom stereocenters. The van der Waals surface area contributed by atoms with Crippen molar-refractivity contribution < 1.29 is 19.0 Å². The smallest absolute Gasteiger partial charge is 0.192 e. The van der Waals surface area contributed by atoms with Gasteiger partial charge < -0.3 is 19.0 Å². The molecule has 1 heterocycles. The number of ether oxygens (including phenoxy) is 2. The van der Waals surface area contributed by atoms with Crippen LogP contribution in [0.2, 0.25) is 18.1 Å². The van der Waals surface area contributed by atoms with Crippen LogP contribution in [-0.4, -0.2) is 42.6 Å². The molecule has 232 valence electrons. The summed E-state index contributed by atoms with van der Waals surface area (Å²) in [4.78, 5) is 0. The Balaban J connectivity index is 1.32. The molecule has 5 heteroatoms. The van der Waals surface area contributed by atoms with Crippen LogP contribution in [0.1, 0.15) is 121 Å². The van der Waals surface area contributed by atoms with Crippen molar-refractivity contribution in [3.05, 3.63) is 11.6 Å². The van der Waals surface area contributed by atoms with E-state index in [-0.39, 0.29) is 22.5 Å². The molecule has 0 spiro atoms. The Bertz CT molecular complexity index is 1120. The molecule has 0 aromatic carbocycles. The lowest BCUT2D eigenvalue weighted by molar-refractivity contribution is -0.155. The summed E-state index contributed by atoms with van der Waals surface area (Å²) in [5.41, 5.74) is 0.570. The van der Waals surface area contributed by atoms with E-state index in [0.717, 1.165) is 18.8 Å². The summed E-state index contributed by atoms with van der Waals surface area (Å²) in [6.07, 6.45) is 12.2. The van der Waals surface area contributed by atoms with Crippen molar-refractivity contribution in [3.8, 4) is 11.8 Å². The molecular weight excluding hydrogens is 524 g/mol. The largest absolute Gasteiger partial charge is 0.414 e. The third-order valence-electron chi connectivity index (χ3n) is 13.0. The highest BCUT2D eigenvalue weighted by atomic mass is 28.4. The fourth-order valence-corrected chi connectivity index (χ4v) is 11.3. The zero-order chi connectivity index (χ0) is 30.4. The predicted octanol–water partition coefficient (Wildman–Crippen LogP) is 8.64. The Morgan fingerprint density at radius 3 is 2.24 bits per heavy atom. The Labute approximate surface area is 252 Å². The Hall–Kier alpha value is -0.643. The number of allylic oxidation sites excluding steroid dienone is 1. The van der Waals surface area contributed by atoms with E-state index in [1.54, 1.807) is 5.57 Å². The molecule has 41 heavy (non-hydrogen) atoms. The highest BCUT2D eigenvalue weighted by Crippen LogP contribution is 2.67. The second-order valence-corrected chi connectivity index (χ2v) is 22.5. The molecule has 5 rings (SSSR count). The van der Waals surface area contributed by atoms with E-state index >= 15 is 0 Å². The first kappa shape index (κ1) is 31.8. The van der Waals surface area contributed by atoms with Crippen LogP contribution in [0, 0.1) is 46.3 Å². The number of hydrogen-bond acceptors (Lipinski definition) is 4. The monoisotopic (exact) mass is 584 g/mol. The van der Waals surface area contributed by atoms with Crippen LogP contribution >= 0.6 is 0 Å². The minimum absolute atomic E-state index is 0.117. The number of fused-ring (bicyclic) bond motifs is 5. The highest BCUT2D eigenvalue weighted by Gasteiger charge is 2.61. The lowest BCUT2D eigenvalue weighted by atomic mass is 9.47. The van der Waals surface area contributed by atoms with Crippen LogP contribution in [-0.2, 0) is 13.9 Å². The van der Waals surface area contributed by atoms with Gasteiger partial charge in [0.05, 0.1) is 0 Å². The second kappa shape index (κ2) is 9.93. The van der Waals surface area contributed by atoms with Crippen LogP contribution < -0.4 is 0 Å². The van der Waals surface area contributed by atoms with Crippen molar-refractivity contribution in [3.63, 3.8) is 0 Å². The molecule has 0 amide bonds. The molecule has 0 aromatic rings. The van der Waals surface area contributed by atoms with Crippen molar-refractivity contribution in [2.75, 3.05) is 0 Å². The molecule has 1 N–H and O–H groups in total. The summed E-state index contributed by atoms with van der Waals surface area (Å²) in [5, 5.41) is 12.2. The van der Waals surface area contributed by atoms with Gasteiger partial charge in [-0.1, -0.05) is 58.1 Å². The number of hydrogen-bond donors (Lipinski definition) is 1. The standard InChI is InChI=1S/C36H60O4Si/c1-31(2,3)41(11,12)39-25-17-20-34(8)24(23-25)13-14-26-27-15-16-29(35(27,9)21-18-28(26)34)36(10,37)22-19-30-32(4,5)40-33(6,7)38-30/h13,25-30,37H,14-18,20-21,23H2,1-12H3/t25-,26?,27?,28?,29?,30+,34-,35-,36-/m0/s1. The van der Waals surface area contributed by atoms with E-state index in [9.17, 15) is 5.11 Å². The maximum atomic E-state index is 11.9. The minimum atomic E-state index is -1.77. The van der Waals surface area contributed by atoms with Gasteiger partial charge in [-0.15, -0.1) is 0 Å². The molecule has 9 atom stereocenters. The van der Waals surface area contributed by atoms with Crippen LogP contribution in [0.3, 0.4) is 0 Å². The van der Waals surface area contributed by atoms with E-state index in [0.29, 0.717) is 23.4 Å². The van der Waals surface area contributed by atoms with Gasteiger partial charge >= 0.3 is 0 Å². The Kier molecular flexibility index (Phi) is 7.70. The SMILES string of the molecule is CC1(C)O[C@H](C#C[C@](C)(O)C2CCC3C4CC=C5C[C@@H](O[Si](C)(C)C(C)(C)C)CC[C@]5(C)C4CC[C@@]32C)C(C)(C)O1. The van der Waals surface area contributed by atoms with Crippen LogP contribution in [0.5, 0.6) is 0 Å². The fourth-order valence-electron chi connectivity index (χ4n) is 9.88. The quantitative estimate of drug-likeness (QED) is 0.205. The molecule has 0 bridgehead atoms. The van der Waals surface area contributed by atoms with E-state index in [1.165, 1.54) is 38.5 Å². The highest BCUT2D eigenvalue weighted by molar-refractivity contribution is 6.74. The van der Waals surface area contributed by atoms with Crippen molar-refractivity contribution >= 4 is 8.32 Å². The van der Waals surface area contributed by atoms with Gasteiger partial charge in [0.25, 0.3) is 0 Å². The molecule has 0 aromatic heterocycles. The van der Waals surface area contributed by atoms with Crippen molar-refractivity contribution in [1.29, 1.82) is 0 Å². The average molecular weight is 585 g/mol. The lowest BCUT2D eigenvalue weighted by Gasteiger charge is -2.59. The van der Waals surface area contributed by atoms with Gasteiger partial charge in [-0.25, -0.2) is 0 Å². The lowest BCUT2D eigenvalue weighted by Crippen LogP contribution is -2.53. The maximum Gasteiger partial charge on any atom is 0.192 e. The summed E-state index contributed by atoms with van der Waals surface area (Å²) in [6.45, 7) is 26.8. The van der Waals surface area contributed by atoms with Gasteiger partial charge in [0.2, 0.25) is 0 Å².